The van der Waals surface area contributed by atoms with Crippen LogP contribution in [0.15, 0.2) is 42.1 Å². The van der Waals surface area contributed by atoms with Crippen molar-refractivity contribution in [3.8, 4) is 0 Å². The molecule has 1 aliphatic carbocycles. The molecule has 1 aromatic rings. The van der Waals surface area contributed by atoms with E-state index in [4.69, 9.17) is 0 Å². The van der Waals surface area contributed by atoms with Crippen LogP contribution < -0.4 is 5.32 Å². The van der Waals surface area contributed by atoms with Gasteiger partial charge in [-0.05, 0) is 49.1 Å². The maximum atomic E-state index is 13.5. The van der Waals surface area contributed by atoms with E-state index in [2.05, 4.69) is 5.32 Å². The van der Waals surface area contributed by atoms with Crippen molar-refractivity contribution in [1.29, 1.82) is 0 Å². The van der Waals surface area contributed by atoms with Crippen LogP contribution in [0, 0.1) is 0 Å². The molecule has 0 saturated heterocycles. The molecule has 0 bridgehead atoms. The molecule has 26 heavy (non-hydrogen) atoms. The molecule has 1 saturated carbocycles. The monoisotopic (exact) mass is 373 g/mol. The number of nitrogens with one attached hydrogen (secondary N) is 1. The highest BCUT2D eigenvalue weighted by Gasteiger charge is 2.45. The summed E-state index contributed by atoms with van der Waals surface area (Å²) in [5, 5.41) is 14.1. The Morgan fingerprint density at radius 3 is 2.35 bits per heavy atom. The van der Waals surface area contributed by atoms with Gasteiger partial charge in [-0.25, -0.2) is 8.78 Å². The van der Waals surface area contributed by atoms with Gasteiger partial charge in [-0.1, -0.05) is 18.2 Å². The molecule has 2 aliphatic rings. The van der Waals surface area contributed by atoms with Crippen molar-refractivity contribution < 1.29 is 27.1 Å². The average molecular weight is 373 g/mol. The predicted octanol–water partition coefficient (Wildman–Crippen LogP) is 5.21. The number of aliphatic hydroxyl groups is 1. The molecule has 0 radical (unpaired) electrons. The minimum Gasteiger partial charge on any atom is -0.385 e. The number of rotatable bonds is 2. The first-order chi connectivity index (χ1) is 12.0. The van der Waals surface area contributed by atoms with Crippen molar-refractivity contribution in [2.75, 3.05) is 0 Å². The van der Waals surface area contributed by atoms with Gasteiger partial charge in [0.2, 0.25) is 5.92 Å². The summed E-state index contributed by atoms with van der Waals surface area (Å²) < 4.78 is 66.6. The Kier molecular flexibility index (Phi) is 4.63. The zero-order valence-corrected chi connectivity index (χ0v) is 14.2. The smallest absolute Gasteiger partial charge is 0.385 e. The second kappa shape index (κ2) is 6.37. The second-order valence-electron chi connectivity index (χ2n) is 7.04. The van der Waals surface area contributed by atoms with Gasteiger partial charge in [-0.15, -0.1) is 0 Å². The van der Waals surface area contributed by atoms with E-state index >= 15 is 0 Å². The third-order valence-electron chi connectivity index (χ3n) is 5.06. The minimum absolute atomic E-state index is 0.0691. The van der Waals surface area contributed by atoms with Crippen LogP contribution in [-0.2, 0) is 11.8 Å². The van der Waals surface area contributed by atoms with Crippen molar-refractivity contribution in [2.24, 2.45) is 0 Å². The van der Waals surface area contributed by atoms with Crippen LogP contribution in [-0.4, -0.2) is 11.0 Å². The predicted molar refractivity (Wildman–Crippen MR) is 87.5 cm³/mol. The maximum absolute atomic E-state index is 13.5. The largest absolute Gasteiger partial charge is 0.416 e. The first-order valence-corrected chi connectivity index (χ1v) is 8.44. The molecule has 1 fully saturated rings. The summed E-state index contributed by atoms with van der Waals surface area (Å²) in [4.78, 5) is 0. The highest BCUT2D eigenvalue weighted by atomic mass is 19.4. The molecule has 0 amide bonds. The van der Waals surface area contributed by atoms with E-state index in [-0.39, 0.29) is 18.4 Å². The van der Waals surface area contributed by atoms with E-state index in [0.717, 1.165) is 17.8 Å². The number of hydrogen-bond donors (Lipinski definition) is 2. The van der Waals surface area contributed by atoms with Crippen LogP contribution in [0.1, 0.15) is 55.3 Å². The fourth-order valence-electron chi connectivity index (χ4n) is 3.54. The lowest BCUT2D eigenvalue weighted by Gasteiger charge is -2.39. The molecule has 0 aromatic heterocycles. The Morgan fingerprint density at radius 2 is 1.77 bits per heavy atom. The zero-order chi connectivity index (χ0) is 19.2. The molecular formula is C19H20F5NO. The van der Waals surface area contributed by atoms with E-state index in [1.807, 2.05) is 13.0 Å². The Labute approximate surface area is 148 Å². The zero-order valence-electron chi connectivity index (χ0n) is 14.2. The topological polar surface area (TPSA) is 32.3 Å². The van der Waals surface area contributed by atoms with Crippen LogP contribution >= 0.6 is 0 Å². The van der Waals surface area contributed by atoms with Crippen LogP contribution in [0.5, 0.6) is 0 Å². The normalized spacial score (nSPS) is 24.7. The summed E-state index contributed by atoms with van der Waals surface area (Å²) in [6.07, 6.45) is -0.877. The summed E-state index contributed by atoms with van der Waals surface area (Å²) in [6, 6.07) is 2.76. The van der Waals surface area contributed by atoms with Crippen LogP contribution in [0.3, 0.4) is 0 Å². The first kappa shape index (κ1) is 18.9. The maximum Gasteiger partial charge on any atom is 0.416 e. The van der Waals surface area contributed by atoms with Crippen LogP contribution in [0.2, 0.25) is 0 Å². The Hall–Kier alpha value is -1.89. The summed E-state index contributed by atoms with van der Waals surface area (Å²) in [5.41, 5.74) is -1.24. The lowest BCUT2D eigenvalue weighted by atomic mass is 9.75. The minimum atomic E-state index is -4.58. The number of hydrogen-bond acceptors (Lipinski definition) is 2. The molecule has 1 heterocycles. The third-order valence-corrected chi connectivity index (χ3v) is 5.06. The molecule has 1 unspecified atom stereocenters. The lowest BCUT2D eigenvalue weighted by Crippen LogP contribution is -2.38. The number of benzene rings is 1. The average Bonchev–Trinajstić information content (AvgIpc) is 2.56. The quantitative estimate of drug-likeness (QED) is 0.698. The Morgan fingerprint density at radius 1 is 1.12 bits per heavy atom. The fourth-order valence-corrected chi connectivity index (χ4v) is 3.54. The van der Waals surface area contributed by atoms with Gasteiger partial charge in [0.1, 0.15) is 0 Å². The number of dihydropyridines is 1. The SMILES string of the molecule is CC1=CC=CC(c2ccc(C(F)(F)F)cc2C2(O)CCC(F)(F)CC2)N1. The van der Waals surface area contributed by atoms with Crippen molar-refractivity contribution in [2.45, 2.75) is 56.3 Å². The Balaban J connectivity index is 2.05. The molecule has 2 N–H and O–H groups in total. The number of halogens is 5. The fraction of sp³-hybridized carbons (Fsp3) is 0.474. The van der Waals surface area contributed by atoms with Gasteiger partial charge >= 0.3 is 6.18 Å². The van der Waals surface area contributed by atoms with Gasteiger partial charge in [0.15, 0.2) is 0 Å². The van der Waals surface area contributed by atoms with Crippen molar-refractivity contribution >= 4 is 0 Å². The number of alkyl halides is 5. The van der Waals surface area contributed by atoms with Crippen molar-refractivity contribution in [1.82, 2.24) is 5.32 Å². The van der Waals surface area contributed by atoms with Gasteiger partial charge in [0.05, 0.1) is 17.2 Å². The van der Waals surface area contributed by atoms with Gasteiger partial charge < -0.3 is 10.4 Å². The molecular weight excluding hydrogens is 353 g/mol. The van der Waals surface area contributed by atoms with E-state index in [0.29, 0.717) is 5.56 Å². The molecule has 1 aliphatic heterocycles. The highest BCUT2D eigenvalue weighted by Crippen LogP contribution is 2.47. The van der Waals surface area contributed by atoms with Gasteiger partial charge in [-0.3, -0.25) is 0 Å². The van der Waals surface area contributed by atoms with Crippen molar-refractivity contribution in [3.63, 3.8) is 0 Å². The van der Waals surface area contributed by atoms with Gasteiger partial charge in [-0.2, -0.15) is 13.2 Å². The summed E-state index contributed by atoms with van der Waals surface area (Å²) >= 11 is 0. The number of allylic oxidation sites excluding steroid dienone is 3. The molecule has 2 nitrogen and oxygen atoms in total. The highest BCUT2D eigenvalue weighted by molar-refractivity contribution is 5.43. The molecule has 7 heteroatoms. The summed E-state index contributed by atoms with van der Waals surface area (Å²) in [6.45, 7) is 1.82. The molecule has 1 aromatic carbocycles. The molecule has 1 atom stereocenters. The summed E-state index contributed by atoms with van der Waals surface area (Å²) in [7, 11) is 0. The van der Waals surface area contributed by atoms with Crippen LogP contribution in [0.4, 0.5) is 22.0 Å². The van der Waals surface area contributed by atoms with Crippen molar-refractivity contribution in [3.05, 3.63) is 58.8 Å². The summed E-state index contributed by atoms with van der Waals surface area (Å²) in [5.74, 6) is -2.89. The van der Waals surface area contributed by atoms with Gasteiger partial charge in [0.25, 0.3) is 0 Å². The molecule has 0 spiro atoms. The standard InChI is InChI=1S/C19H20F5NO/c1-12-3-2-4-16(25-12)14-6-5-13(19(22,23)24)11-15(14)17(26)7-9-18(20,21)10-8-17/h2-6,11,16,25-26H,7-10H2,1H3. The van der Waals surface area contributed by atoms with E-state index < -0.39 is 42.1 Å². The lowest BCUT2D eigenvalue weighted by molar-refractivity contribution is -0.138. The first-order valence-electron chi connectivity index (χ1n) is 8.44. The van der Waals surface area contributed by atoms with Crippen LogP contribution in [0.25, 0.3) is 0 Å². The molecule has 142 valence electrons. The van der Waals surface area contributed by atoms with E-state index in [1.165, 1.54) is 6.07 Å². The van der Waals surface area contributed by atoms with E-state index in [9.17, 15) is 27.1 Å². The third kappa shape index (κ3) is 3.77. The van der Waals surface area contributed by atoms with E-state index in [1.54, 1.807) is 12.2 Å². The van der Waals surface area contributed by atoms with Gasteiger partial charge in [0, 0.05) is 18.5 Å². The second-order valence-corrected chi connectivity index (χ2v) is 7.04. The molecule has 3 rings (SSSR count). The Bertz CT molecular complexity index is 741.